The Labute approximate surface area is 180 Å². The molecule has 2 heterocycles. The number of hydrogen-bond acceptors (Lipinski definition) is 4. The van der Waals surface area contributed by atoms with Crippen molar-refractivity contribution < 1.29 is 9.90 Å². The molecule has 1 N–H and O–H groups in total. The molecule has 152 valence electrons. The first-order valence-electron chi connectivity index (χ1n) is 9.18. The lowest BCUT2D eigenvalue weighted by molar-refractivity contribution is 0.100. The van der Waals surface area contributed by atoms with Gasteiger partial charge in [-0.05, 0) is 31.2 Å². The van der Waals surface area contributed by atoms with Crippen LogP contribution in [0, 0.1) is 5.41 Å². The Morgan fingerprint density at radius 1 is 1.19 bits per heavy atom. The number of nitrogens with zero attached hydrogens (tertiary/aromatic N) is 3. The second kappa shape index (κ2) is 11.5. The van der Waals surface area contributed by atoms with Crippen molar-refractivity contribution in [3.63, 3.8) is 0 Å². The summed E-state index contributed by atoms with van der Waals surface area (Å²) in [5.41, 5.74) is 1.73. The Hall–Kier alpha value is -1.28. The number of rotatable bonds is 2. The van der Waals surface area contributed by atoms with Gasteiger partial charge in [0.2, 0.25) is 5.82 Å². The molecule has 0 unspecified atom stereocenters. The summed E-state index contributed by atoms with van der Waals surface area (Å²) >= 11 is 0. The van der Waals surface area contributed by atoms with E-state index in [0.29, 0.717) is 11.2 Å². The van der Waals surface area contributed by atoms with E-state index >= 15 is 0 Å². The van der Waals surface area contributed by atoms with Gasteiger partial charge in [-0.25, -0.2) is 9.67 Å². The molecular formula is C21H34IN3O2. The molecule has 3 rings (SSSR count). The number of fused-ring (bicyclic) bond motifs is 1. The lowest BCUT2D eigenvalue weighted by Crippen LogP contribution is -2.08. The highest BCUT2D eigenvalue weighted by molar-refractivity contribution is 14.0. The van der Waals surface area contributed by atoms with Crippen LogP contribution in [0.2, 0.25) is 0 Å². The minimum absolute atomic E-state index is 0. The van der Waals surface area contributed by atoms with E-state index < -0.39 is 0 Å². The van der Waals surface area contributed by atoms with Crippen LogP contribution in [0.25, 0.3) is 0 Å². The maximum Gasteiger partial charge on any atom is 0.217 e. The summed E-state index contributed by atoms with van der Waals surface area (Å²) in [6, 6.07) is 10.5. The maximum absolute atomic E-state index is 11.3. The molecule has 1 aromatic heterocycles. The van der Waals surface area contributed by atoms with E-state index in [9.17, 15) is 4.79 Å². The van der Waals surface area contributed by atoms with Crippen LogP contribution in [0.4, 0.5) is 0 Å². The molecule has 1 aromatic carbocycles. The quantitative estimate of drug-likeness (QED) is 0.474. The molecule has 0 aliphatic carbocycles. The van der Waals surface area contributed by atoms with Gasteiger partial charge >= 0.3 is 0 Å². The van der Waals surface area contributed by atoms with Gasteiger partial charge in [-0.3, -0.25) is 4.79 Å². The highest BCUT2D eigenvalue weighted by Gasteiger charge is 2.27. The number of aryl methyl sites for hydroxylation is 1. The highest BCUT2D eigenvalue weighted by atomic mass is 127. The smallest absolute Gasteiger partial charge is 0.217 e. The summed E-state index contributed by atoms with van der Waals surface area (Å²) < 4.78 is 1.89. The first-order chi connectivity index (χ1) is 12.0. The number of ketones is 1. The number of aliphatic hydroxyl groups is 1. The zero-order valence-corrected chi connectivity index (χ0v) is 19.9. The highest BCUT2D eigenvalue weighted by Crippen LogP contribution is 2.29. The monoisotopic (exact) mass is 487 g/mol. The van der Waals surface area contributed by atoms with Crippen LogP contribution < -0.4 is 0 Å². The lowest BCUT2D eigenvalue weighted by atomic mass is 10.0. The molecule has 27 heavy (non-hydrogen) atoms. The summed E-state index contributed by atoms with van der Waals surface area (Å²) in [4.78, 5) is 15.5. The van der Waals surface area contributed by atoms with Crippen molar-refractivity contribution in [3.8, 4) is 0 Å². The number of halogens is 1. The van der Waals surface area contributed by atoms with E-state index in [1.54, 1.807) is 13.8 Å². The van der Waals surface area contributed by atoms with Crippen molar-refractivity contribution in [1.29, 1.82) is 0 Å². The zero-order valence-electron chi connectivity index (χ0n) is 17.6. The fraction of sp³-hybridized carbons (Fsp3) is 0.571. The van der Waals surface area contributed by atoms with Gasteiger partial charge in [-0.15, -0.1) is 29.1 Å². The van der Waals surface area contributed by atoms with Crippen LogP contribution in [0.1, 0.15) is 82.9 Å². The second-order valence-corrected chi connectivity index (χ2v) is 8.41. The van der Waals surface area contributed by atoms with Crippen molar-refractivity contribution >= 4 is 29.8 Å². The minimum atomic E-state index is -0.167. The van der Waals surface area contributed by atoms with E-state index in [1.807, 2.05) is 22.9 Å². The second-order valence-electron chi connectivity index (χ2n) is 8.41. The number of aliphatic hydroxyl groups excluding tert-OH is 1. The number of carbonyl (C=O) groups is 1. The van der Waals surface area contributed by atoms with Crippen molar-refractivity contribution in [2.24, 2.45) is 5.41 Å². The van der Waals surface area contributed by atoms with Crippen LogP contribution in [0.3, 0.4) is 0 Å². The molecule has 1 aliphatic heterocycles. The van der Waals surface area contributed by atoms with Gasteiger partial charge in [0, 0.05) is 19.4 Å². The van der Waals surface area contributed by atoms with Gasteiger partial charge in [0.15, 0.2) is 5.78 Å². The Morgan fingerprint density at radius 2 is 1.67 bits per heavy atom. The average molecular weight is 487 g/mol. The van der Waals surface area contributed by atoms with Crippen LogP contribution in [-0.4, -0.2) is 31.8 Å². The molecule has 5 nitrogen and oxygen atoms in total. The van der Waals surface area contributed by atoms with Crippen molar-refractivity contribution in [2.75, 3.05) is 0 Å². The lowest BCUT2D eigenvalue weighted by Gasteiger charge is -2.11. The van der Waals surface area contributed by atoms with Crippen LogP contribution >= 0.6 is 24.0 Å². The van der Waals surface area contributed by atoms with Crippen molar-refractivity contribution in [3.05, 3.63) is 47.5 Å². The van der Waals surface area contributed by atoms with Crippen LogP contribution in [-0.2, 0) is 6.42 Å². The average Bonchev–Trinajstić information content (AvgIpc) is 3.05. The van der Waals surface area contributed by atoms with Gasteiger partial charge in [0.05, 0.1) is 6.04 Å². The Kier molecular flexibility index (Phi) is 11.0. The van der Waals surface area contributed by atoms with E-state index in [2.05, 4.69) is 49.9 Å². The van der Waals surface area contributed by atoms with E-state index in [1.165, 1.54) is 12.5 Å². The van der Waals surface area contributed by atoms with E-state index in [4.69, 9.17) is 5.11 Å². The number of Topliss-reactive ketones (excluding diaryl/α,β-unsaturated/α-hetero) is 1. The van der Waals surface area contributed by atoms with Crippen molar-refractivity contribution in [1.82, 2.24) is 14.8 Å². The SMILES string of the molecule is CC(=O)c1nc2n(n1)[C@H](c1ccccc1)CC2.CC(C)(C)C.CC(C)O.I. The number of carbonyl (C=O) groups excluding carboxylic acids is 1. The molecule has 0 radical (unpaired) electrons. The first-order valence-corrected chi connectivity index (χ1v) is 9.18. The first kappa shape index (κ1) is 25.7. The molecule has 0 saturated heterocycles. The topological polar surface area (TPSA) is 68.0 Å². The van der Waals surface area contributed by atoms with Gasteiger partial charge in [0.1, 0.15) is 5.82 Å². The summed E-state index contributed by atoms with van der Waals surface area (Å²) in [6.45, 7) is 13.7. The maximum atomic E-state index is 11.3. The molecule has 0 saturated carbocycles. The van der Waals surface area contributed by atoms with Gasteiger partial charge in [-0.2, -0.15) is 0 Å². The third-order valence-corrected chi connectivity index (χ3v) is 3.14. The zero-order chi connectivity index (χ0) is 19.9. The minimum Gasteiger partial charge on any atom is -0.394 e. The normalized spacial score (nSPS) is 14.9. The summed E-state index contributed by atoms with van der Waals surface area (Å²) in [5.74, 6) is 1.18. The van der Waals surface area contributed by atoms with Gasteiger partial charge in [-0.1, -0.05) is 58.0 Å². The molecule has 6 heteroatoms. The number of benzene rings is 1. The fourth-order valence-corrected chi connectivity index (χ4v) is 2.30. The van der Waals surface area contributed by atoms with Gasteiger partial charge in [0.25, 0.3) is 0 Å². The largest absolute Gasteiger partial charge is 0.394 e. The summed E-state index contributed by atoms with van der Waals surface area (Å²) in [5, 5.41) is 12.4. The predicted molar refractivity (Wildman–Crippen MR) is 121 cm³/mol. The predicted octanol–water partition coefficient (Wildman–Crippen LogP) is 5.07. The standard InChI is InChI=1S/C13H13N3O.C5H12.C3H8O.HI/c1-9(17)13-14-12-8-7-11(16(12)15-13)10-5-3-2-4-6-10;1-5(2,3)4;1-3(2)4;/h2-6,11H,7-8H2,1H3;1-4H3;3-4H,1-2H3;1H/t11-;;;/m0.../s1. The molecule has 1 aliphatic rings. The van der Waals surface area contributed by atoms with E-state index in [0.717, 1.165) is 18.7 Å². The Balaban J connectivity index is 0.000000575. The molecule has 0 fully saturated rings. The van der Waals surface area contributed by atoms with Gasteiger partial charge < -0.3 is 5.11 Å². The third kappa shape index (κ3) is 10.0. The fourth-order valence-electron chi connectivity index (χ4n) is 2.30. The molecular weight excluding hydrogens is 453 g/mol. The summed E-state index contributed by atoms with van der Waals surface area (Å²) in [7, 11) is 0. The molecule has 0 spiro atoms. The van der Waals surface area contributed by atoms with E-state index in [-0.39, 0.29) is 41.9 Å². The van der Waals surface area contributed by atoms with Crippen LogP contribution in [0.15, 0.2) is 30.3 Å². The number of aromatic nitrogens is 3. The molecule has 2 aromatic rings. The molecule has 1 atom stereocenters. The Bertz CT molecular complexity index is 682. The number of hydrogen-bond donors (Lipinski definition) is 1. The Morgan fingerprint density at radius 3 is 2.11 bits per heavy atom. The van der Waals surface area contributed by atoms with Crippen molar-refractivity contribution in [2.45, 2.75) is 73.5 Å². The van der Waals surface area contributed by atoms with Crippen LogP contribution in [0.5, 0.6) is 0 Å². The molecule has 0 amide bonds. The third-order valence-electron chi connectivity index (χ3n) is 3.14. The molecule has 0 bridgehead atoms. The summed E-state index contributed by atoms with van der Waals surface area (Å²) in [6.07, 6.45) is 1.73.